The van der Waals surface area contributed by atoms with Crippen molar-refractivity contribution in [3.05, 3.63) is 35.6 Å². The van der Waals surface area contributed by atoms with E-state index < -0.39 is 26.1 Å². The summed E-state index contributed by atoms with van der Waals surface area (Å²) >= 11 is 0. The van der Waals surface area contributed by atoms with Crippen LogP contribution in [-0.2, 0) is 19.3 Å². The van der Waals surface area contributed by atoms with Crippen molar-refractivity contribution in [2.75, 3.05) is 6.61 Å². The van der Waals surface area contributed by atoms with Gasteiger partial charge in [0, 0.05) is 10.1 Å². The molecule has 1 aliphatic carbocycles. The molecule has 1 aromatic carbocycles. The van der Waals surface area contributed by atoms with Crippen molar-refractivity contribution in [3.63, 3.8) is 0 Å². The molecule has 6 heteroatoms. The van der Waals surface area contributed by atoms with Gasteiger partial charge >= 0.3 is 8.25 Å². The molecule has 1 atom stereocenters. The zero-order chi connectivity index (χ0) is 13.9. The molecular formula is C13H15FO4P+. The Hall–Kier alpha value is -1.16. The molecule has 0 heterocycles. The highest BCUT2D eigenvalue weighted by molar-refractivity contribution is 7.32. The van der Waals surface area contributed by atoms with Gasteiger partial charge in [0.2, 0.25) is 0 Å². The Kier molecular flexibility index (Phi) is 4.40. The van der Waals surface area contributed by atoms with E-state index in [1.807, 2.05) is 0 Å². The lowest BCUT2D eigenvalue weighted by molar-refractivity contribution is -0.126. The first-order valence-corrected chi connectivity index (χ1v) is 7.27. The molecule has 0 saturated heterocycles. The second-order valence-corrected chi connectivity index (χ2v) is 5.44. The lowest BCUT2D eigenvalue weighted by Crippen LogP contribution is -2.36. The van der Waals surface area contributed by atoms with E-state index in [-0.39, 0.29) is 5.78 Å². The van der Waals surface area contributed by atoms with Gasteiger partial charge in [-0.1, -0.05) is 31.0 Å². The Morgan fingerprint density at radius 1 is 1.37 bits per heavy atom. The van der Waals surface area contributed by atoms with Gasteiger partial charge in [0.25, 0.3) is 0 Å². The highest BCUT2D eigenvalue weighted by atomic mass is 31.1. The molecule has 0 bridgehead atoms. The summed E-state index contributed by atoms with van der Waals surface area (Å²) in [6.07, 6.45) is 2.79. The Morgan fingerprint density at radius 3 is 2.58 bits per heavy atom. The fraction of sp³-hybridized carbons (Fsp3) is 0.462. The minimum atomic E-state index is -2.81. The second-order valence-electron chi connectivity index (χ2n) is 4.70. The summed E-state index contributed by atoms with van der Waals surface area (Å²) in [7, 11) is -2.81. The van der Waals surface area contributed by atoms with Crippen molar-refractivity contribution in [1.82, 2.24) is 0 Å². The van der Waals surface area contributed by atoms with Gasteiger partial charge in [-0.25, -0.2) is 4.39 Å². The summed E-state index contributed by atoms with van der Waals surface area (Å²) in [4.78, 5) is 20.9. The number of benzene rings is 1. The quantitative estimate of drug-likeness (QED) is 0.845. The van der Waals surface area contributed by atoms with E-state index in [1.165, 1.54) is 6.07 Å². The van der Waals surface area contributed by atoms with Gasteiger partial charge in [0.1, 0.15) is 5.82 Å². The molecule has 0 radical (unpaired) electrons. The van der Waals surface area contributed by atoms with Crippen LogP contribution in [0.4, 0.5) is 4.39 Å². The minimum Gasteiger partial charge on any atom is -0.296 e. The van der Waals surface area contributed by atoms with Crippen LogP contribution in [-0.4, -0.2) is 17.3 Å². The van der Waals surface area contributed by atoms with Gasteiger partial charge in [-0.3, -0.25) is 4.79 Å². The normalized spacial score (nSPS) is 18.3. The van der Waals surface area contributed by atoms with E-state index in [9.17, 15) is 13.8 Å². The average Bonchev–Trinajstić information content (AvgIpc) is 2.87. The number of rotatable bonds is 5. The van der Waals surface area contributed by atoms with Crippen LogP contribution in [0.25, 0.3) is 0 Å². The molecule has 4 nitrogen and oxygen atoms in total. The molecule has 1 saturated carbocycles. The maximum absolute atomic E-state index is 13.9. The topological polar surface area (TPSA) is 63.6 Å². The number of carbonyl (C=O) groups excluding carboxylic acids is 1. The van der Waals surface area contributed by atoms with Crippen LogP contribution in [0.2, 0.25) is 0 Å². The van der Waals surface area contributed by atoms with E-state index in [0.29, 0.717) is 18.4 Å². The van der Waals surface area contributed by atoms with E-state index in [0.717, 1.165) is 12.8 Å². The van der Waals surface area contributed by atoms with Crippen LogP contribution < -0.4 is 0 Å². The molecule has 1 aromatic rings. The standard InChI is InChI=1S/C13H14FO4P/c14-11-6-2-1-5-10(11)13(7-3-4-8-13)12(15)9-18-19(16)17/h1-2,5-6H,3-4,7-9H2/p+1. The molecule has 0 amide bonds. The van der Waals surface area contributed by atoms with Gasteiger partial charge in [-0.15, -0.1) is 9.42 Å². The first kappa shape index (κ1) is 14.3. The SMILES string of the molecule is O=C(CO[P+](=O)O)C1(c2ccccc2F)CCCC1. The van der Waals surface area contributed by atoms with Crippen LogP contribution in [0.5, 0.6) is 0 Å². The highest BCUT2D eigenvalue weighted by Crippen LogP contribution is 2.43. The first-order chi connectivity index (χ1) is 9.06. The third-order valence-corrected chi connectivity index (χ3v) is 4.04. The molecule has 0 spiro atoms. The van der Waals surface area contributed by atoms with Crippen molar-refractivity contribution in [3.8, 4) is 0 Å². The molecule has 0 aromatic heterocycles. The number of ketones is 1. The molecule has 1 aliphatic rings. The Balaban J connectivity index is 2.30. The zero-order valence-electron chi connectivity index (χ0n) is 10.3. The van der Waals surface area contributed by atoms with Crippen LogP contribution in [0, 0.1) is 5.82 Å². The maximum atomic E-state index is 13.9. The van der Waals surface area contributed by atoms with Crippen LogP contribution in [0.15, 0.2) is 24.3 Å². The summed E-state index contributed by atoms with van der Waals surface area (Å²) in [5, 5.41) is 0. The van der Waals surface area contributed by atoms with Crippen molar-refractivity contribution in [2.24, 2.45) is 0 Å². The Morgan fingerprint density at radius 2 is 2.00 bits per heavy atom. The third kappa shape index (κ3) is 2.89. The van der Waals surface area contributed by atoms with Crippen LogP contribution in [0.1, 0.15) is 31.2 Å². The molecule has 102 valence electrons. The summed E-state index contributed by atoms with van der Waals surface area (Å²) in [6, 6.07) is 6.21. The van der Waals surface area contributed by atoms with Crippen molar-refractivity contribution < 1.29 is 23.2 Å². The molecule has 1 N–H and O–H groups in total. The summed E-state index contributed by atoms with van der Waals surface area (Å²) in [6.45, 7) is -0.458. The predicted molar refractivity (Wildman–Crippen MR) is 67.3 cm³/mol. The van der Waals surface area contributed by atoms with Gasteiger partial charge in [-0.05, 0) is 18.9 Å². The summed E-state index contributed by atoms with van der Waals surface area (Å²) < 4.78 is 29.0. The smallest absolute Gasteiger partial charge is 0.296 e. The van der Waals surface area contributed by atoms with Gasteiger partial charge < -0.3 is 0 Å². The number of hydrogen-bond acceptors (Lipinski definition) is 3. The lowest BCUT2D eigenvalue weighted by Gasteiger charge is -2.27. The lowest BCUT2D eigenvalue weighted by atomic mass is 9.75. The molecule has 0 aliphatic heterocycles. The largest absolute Gasteiger partial charge is 0.695 e. The predicted octanol–water partition coefficient (Wildman–Crippen LogP) is 2.87. The number of Topliss-reactive ketones (excluding diaryl/α,β-unsaturated/α-hetero) is 1. The number of hydrogen-bond donors (Lipinski definition) is 1. The monoisotopic (exact) mass is 285 g/mol. The van der Waals surface area contributed by atoms with E-state index >= 15 is 0 Å². The van der Waals surface area contributed by atoms with E-state index in [1.54, 1.807) is 18.2 Å². The Labute approximate surface area is 111 Å². The second kappa shape index (κ2) is 5.87. The number of halogens is 1. The van der Waals surface area contributed by atoms with Gasteiger partial charge in [0.05, 0.1) is 5.41 Å². The van der Waals surface area contributed by atoms with Crippen molar-refractivity contribution in [2.45, 2.75) is 31.1 Å². The van der Waals surface area contributed by atoms with E-state index in [4.69, 9.17) is 4.89 Å². The van der Waals surface area contributed by atoms with Crippen LogP contribution in [0.3, 0.4) is 0 Å². The van der Waals surface area contributed by atoms with E-state index in [2.05, 4.69) is 4.52 Å². The molecule has 1 fully saturated rings. The first-order valence-electron chi connectivity index (χ1n) is 6.13. The molecule has 2 rings (SSSR count). The van der Waals surface area contributed by atoms with Gasteiger partial charge in [0.15, 0.2) is 12.4 Å². The zero-order valence-corrected chi connectivity index (χ0v) is 11.2. The molecule has 19 heavy (non-hydrogen) atoms. The summed E-state index contributed by atoms with van der Waals surface area (Å²) in [5.41, 5.74) is -0.536. The number of carbonyl (C=O) groups is 1. The summed E-state index contributed by atoms with van der Waals surface area (Å²) in [5.74, 6) is -0.737. The van der Waals surface area contributed by atoms with Crippen molar-refractivity contribution in [1.29, 1.82) is 0 Å². The Bertz CT molecular complexity index is 497. The van der Waals surface area contributed by atoms with Crippen LogP contribution >= 0.6 is 8.25 Å². The highest BCUT2D eigenvalue weighted by Gasteiger charge is 2.44. The average molecular weight is 285 g/mol. The maximum Gasteiger partial charge on any atom is 0.695 e. The minimum absolute atomic E-state index is 0.326. The van der Waals surface area contributed by atoms with Crippen molar-refractivity contribution >= 4 is 14.0 Å². The fourth-order valence-electron chi connectivity index (χ4n) is 2.78. The fourth-order valence-corrected chi connectivity index (χ4v) is 3.01. The third-order valence-electron chi connectivity index (χ3n) is 3.69. The molecular weight excluding hydrogens is 270 g/mol. The van der Waals surface area contributed by atoms with Gasteiger partial charge in [-0.2, -0.15) is 0 Å². The molecule has 1 unspecified atom stereocenters.